The molecule has 0 aromatic heterocycles. The van der Waals surface area contributed by atoms with E-state index in [1.165, 1.54) is 122 Å². The van der Waals surface area contributed by atoms with Crippen molar-refractivity contribution in [3.8, 4) is 22.3 Å². The lowest BCUT2D eigenvalue weighted by Gasteiger charge is -2.33. The van der Waals surface area contributed by atoms with Crippen molar-refractivity contribution in [3.63, 3.8) is 0 Å². The summed E-state index contributed by atoms with van der Waals surface area (Å²) in [4.78, 5) is 5.09. The lowest BCUT2D eigenvalue weighted by atomic mass is 9.90. The number of benzene rings is 10. The first kappa shape index (κ1) is 40.9. The van der Waals surface area contributed by atoms with Gasteiger partial charge in [0.25, 0.3) is 0 Å². The monoisotopic (exact) mass is 828 g/mol. The molecule has 0 bridgehead atoms. The minimum absolute atomic E-state index is 0.393. The lowest BCUT2D eigenvalue weighted by molar-refractivity contribution is 0.866. The lowest BCUT2D eigenvalue weighted by Crippen LogP contribution is -2.15. The standard InChI is InChI=1S/C62H56N2/c1-39(2)49-21-15-23-51(37-49)63(61-41(5)25-31-53(43(61)7)45-17-11-9-12-18-45)57-35-29-47-28-34-56-58(36-30-48-27-33-55(57)59(47)60(48)56)64(52-24-16-22-50(38-52)40(3)4)62-42(6)26-32-54(44(62)8)46-19-13-10-14-20-46/h9-40H,1-8H3. The third-order valence-corrected chi connectivity index (χ3v) is 13.6. The summed E-state index contributed by atoms with van der Waals surface area (Å²) in [7, 11) is 0. The first-order chi connectivity index (χ1) is 31.1. The van der Waals surface area contributed by atoms with Crippen molar-refractivity contribution in [3.05, 3.63) is 215 Å². The molecule has 314 valence electrons. The van der Waals surface area contributed by atoms with E-state index in [-0.39, 0.29) is 0 Å². The normalized spacial score (nSPS) is 11.7. The number of nitrogens with zero attached hydrogens (tertiary/aromatic N) is 2. The fourth-order valence-corrected chi connectivity index (χ4v) is 10.2. The van der Waals surface area contributed by atoms with Crippen LogP contribution in [0.5, 0.6) is 0 Å². The highest BCUT2D eigenvalue weighted by atomic mass is 15.2. The van der Waals surface area contributed by atoms with Gasteiger partial charge in [-0.3, -0.25) is 0 Å². The van der Waals surface area contributed by atoms with Gasteiger partial charge in [-0.1, -0.05) is 173 Å². The Morgan fingerprint density at radius 2 is 0.750 bits per heavy atom. The summed E-state index contributed by atoms with van der Waals surface area (Å²) >= 11 is 0. The van der Waals surface area contributed by atoms with E-state index in [0.29, 0.717) is 11.8 Å². The van der Waals surface area contributed by atoms with Crippen molar-refractivity contribution in [1.82, 2.24) is 0 Å². The average Bonchev–Trinajstić information content (AvgIpc) is 3.31. The Kier molecular flexibility index (Phi) is 10.6. The van der Waals surface area contributed by atoms with Crippen LogP contribution in [0.15, 0.2) is 182 Å². The molecule has 0 N–H and O–H groups in total. The van der Waals surface area contributed by atoms with Gasteiger partial charge in [0.15, 0.2) is 0 Å². The van der Waals surface area contributed by atoms with Crippen LogP contribution in [0.2, 0.25) is 0 Å². The molecule has 10 aromatic carbocycles. The van der Waals surface area contributed by atoms with Crippen molar-refractivity contribution in [2.24, 2.45) is 0 Å². The summed E-state index contributed by atoms with van der Waals surface area (Å²) in [6.45, 7) is 18.3. The molecular weight excluding hydrogens is 773 g/mol. The second kappa shape index (κ2) is 16.5. The van der Waals surface area contributed by atoms with Crippen LogP contribution in [0, 0.1) is 27.7 Å². The zero-order valence-electron chi connectivity index (χ0n) is 38.4. The van der Waals surface area contributed by atoms with Gasteiger partial charge in [0, 0.05) is 22.1 Å². The molecule has 0 spiro atoms. The van der Waals surface area contributed by atoms with E-state index in [4.69, 9.17) is 0 Å². The molecular formula is C62H56N2. The number of anilines is 6. The molecule has 0 saturated carbocycles. The van der Waals surface area contributed by atoms with Crippen molar-refractivity contribution < 1.29 is 0 Å². The molecule has 0 amide bonds. The molecule has 64 heavy (non-hydrogen) atoms. The van der Waals surface area contributed by atoms with E-state index in [2.05, 4.69) is 247 Å². The summed E-state index contributed by atoms with van der Waals surface area (Å²) in [5.41, 5.74) is 19.7. The van der Waals surface area contributed by atoms with Gasteiger partial charge in [0.05, 0.1) is 22.7 Å². The maximum atomic E-state index is 2.54. The molecule has 2 nitrogen and oxygen atoms in total. The van der Waals surface area contributed by atoms with Crippen LogP contribution in [0.25, 0.3) is 54.6 Å². The van der Waals surface area contributed by atoms with E-state index in [0.717, 1.165) is 0 Å². The first-order valence-electron chi connectivity index (χ1n) is 22.9. The quantitative estimate of drug-likeness (QED) is 0.127. The van der Waals surface area contributed by atoms with E-state index >= 15 is 0 Å². The van der Waals surface area contributed by atoms with Crippen LogP contribution in [0.3, 0.4) is 0 Å². The highest BCUT2D eigenvalue weighted by Crippen LogP contribution is 2.51. The van der Waals surface area contributed by atoms with Crippen LogP contribution in [0.4, 0.5) is 34.1 Å². The molecule has 2 heteroatoms. The van der Waals surface area contributed by atoms with Gasteiger partial charge in [-0.15, -0.1) is 0 Å². The Morgan fingerprint density at radius 1 is 0.359 bits per heavy atom. The van der Waals surface area contributed by atoms with Crippen molar-refractivity contribution in [1.29, 1.82) is 0 Å². The van der Waals surface area contributed by atoms with Gasteiger partial charge in [0.1, 0.15) is 0 Å². The van der Waals surface area contributed by atoms with E-state index < -0.39 is 0 Å². The highest BCUT2D eigenvalue weighted by Gasteiger charge is 2.26. The zero-order valence-corrected chi connectivity index (χ0v) is 38.4. The maximum absolute atomic E-state index is 2.54. The van der Waals surface area contributed by atoms with Gasteiger partial charge in [-0.05, 0) is 153 Å². The molecule has 0 aliphatic rings. The summed E-state index contributed by atoms with van der Waals surface area (Å²) < 4.78 is 0. The van der Waals surface area contributed by atoms with E-state index in [9.17, 15) is 0 Å². The molecule has 0 atom stereocenters. The average molecular weight is 829 g/mol. The number of rotatable bonds is 10. The van der Waals surface area contributed by atoms with Crippen LogP contribution < -0.4 is 9.80 Å². The van der Waals surface area contributed by atoms with Gasteiger partial charge in [0.2, 0.25) is 0 Å². The molecule has 10 aromatic rings. The number of hydrogen-bond donors (Lipinski definition) is 0. The topological polar surface area (TPSA) is 6.48 Å². The fourth-order valence-electron chi connectivity index (χ4n) is 10.2. The SMILES string of the molecule is Cc1ccc(-c2ccccc2)c(C)c1N(c1cccc(C(C)C)c1)c1ccc2ccc3c(N(c4cccc(C(C)C)c4)c4c(C)ccc(-c5ccccc5)c4C)ccc4ccc1c2c43. The summed E-state index contributed by atoms with van der Waals surface area (Å²) in [5, 5.41) is 7.52. The Labute approximate surface area is 379 Å². The van der Waals surface area contributed by atoms with Crippen molar-refractivity contribution in [2.45, 2.75) is 67.2 Å². The van der Waals surface area contributed by atoms with Crippen LogP contribution in [0.1, 0.15) is 72.9 Å². The molecule has 0 radical (unpaired) electrons. The molecule has 0 heterocycles. The van der Waals surface area contributed by atoms with E-state index in [1.807, 2.05) is 0 Å². The Hall–Kier alpha value is -7.16. The third kappa shape index (κ3) is 6.99. The van der Waals surface area contributed by atoms with E-state index in [1.54, 1.807) is 0 Å². The molecule has 0 fully saturated rings. The number of aryl methyl sites for hydroxylation is 2. The third-order valence-electron chi connectivity index (χ3n) is 13.6. The summed E-state index contributed by atoms with van der Waals surface area (Å²) in [6.07, 6.45) is 0. The van der Waals surface area contributed by atoms with Gasteiger partial charge in [-0.25, -0.2) is 0 Å². The predicted octanol–water partition coefficient (Wildman–Crippen LogP) is 18.3. The van der Waals surface area contributed by atoms with Gasteiger partial charge >= 0.3 is 0 Å². The summed E-state index contributed by atoms with van der Waals surface area (Å²) in [5.74, 6) is 0.786. The van der Waals surface area contributed by atoms with Crippen LogP contribution in [-0.2, 0) is 0 Å². The van der Waals surface area contributed by atoms with Gasteiger partial charge < -0.3 is 9.80 Å². The van der Waals surface area contributed by atoms with Crippen LogP contribution >= 0.6 is 0 Å². The predicted molar refractivity (Wildman–Crippen MR) is 278 cm³/mol. The fraction of sp³-hybridized carbons (Fsp3) is 0.161. The first-order valence-corrected chi connectivity index (χ1v) is 22.9. The zero-order chi connectivity index (χ0) is 44.2. The molecule has 0 aliphatic heterocycles. The Balaban J connectivity index is 1.26. The minimum atomic E-state index is 0.393. The second-order valence-corrected chi connectivity index (χ2v) is 18.3. The Morgan fingerprint density at radius 3 is 1.14 bits per heavy atom. The largest absolute Gasteiger partial charge is 0.309 e. The highest BCUT2D eigenvalue weighted by molar-refractivity contribution is 6.28. The minimum Gasteiger partial charge on any atom is -0.309 e. The maximum Gasteiger partial charge on any atom is 0.0540 e. The molecule has 0 aliphatic carbocycles. The molecule has 10 rings (SSSR count). The van der Waals surface area contributed by atoms with Crippen molar-refractivity contribution in [2.75, 3.05) is 9.80 Å². The van der Waals surface area contributed by atoms with Gasteiger partial charge in [-0.2, -0.15) is 0 Å². The summed E-state index contributed by atoms with van der Waals surface area (Å²) in [6, 6.07) is 68.0. The van der Waals surface area contributed by atoms with Crippen LogP contribution in [-0.4, -0.2) is 0 Å². The Bertz CT molecular complexity index is 3100. The second-order valence-electron chi connectivity index (χ2n) is 18.3. The molecule has 0 unspecified atom stereocenters. The number of hydrogen-bond acceptors (Lipinski definition) is 2. The smallest absolute Gasteiger partial charge is 0.0540 e. The molecule has 0 saturated heterocycles. The van der Waals surface area contributed by atoms with Crippen molar-refractivity contribution >= 4 is 66.4 Å².